The maximum Gasteiger partial charge on any atom is 0.331 e. The van der Waals surface area contributed by atoms with Crippen LogP contribution in [0.3, 0.4) is 0 Å². The number of carbonyl (C=O) groups is 2. The van der Waals surface area contributed by atoms with Crippen LogP contribution in [0.25, 0.3) is 0 Å². The average Bonchev–Trinajstić information content (AvgIpc) is 2.64. The molecule has 0 aliphatic rings. The molecule has 6 heteroatoms. The van der Waals surface area contributed by atoms with Crippen molar-refractivity contribution in [2.24, 2.45) is 0 Å². The third kappa shape index (κ3) is 5.06. The molecule has 132 valence electrons. The third-order valence-electron chi connectivity index (χ3n) is 3.59. The molecule has 0 spiro atoms. The lowest BCUT2D eigenvalue weighted by molar-refractivity contribution is -0.145. The first-order chi connectivity index (χ1) is 12.0. The van der Waals surface area contributed by atoms with Crippen LogP contribution in [0.4, 0.5) is 0 Å². The average molecular weight is 343 g/mol. The van der Waals surface area contributed by atoms with Gasteiger partial charge in [-0.3, -0.25) is 4.79 Å². The summed E-state index contributed by atoms with van der Waals surface area (Å²) >= 11 is 0. The Labute approximate surface area is 146 Å². The zero-order chi connectivity index (χ0) is 18.2. The van der Waals surface area contributed by atoms with Crippen LogP contribution in [0.15, 0.2) is 54.6 Å². The van der Waals surface area contributed by atoms with E-state index in [0.717, 1.165) is 5.56 Å². The maximum absolute atomic E-state index is 12.5. The van der Waals surface area contributed by atoms with Gasteiger partial charge in [0, 0.05) is 0 Å². The van der Waals surface area contributed by atoms with Gasteiger partial charge in [0.25, 0.3) is 5.91 Å². The number of hydrogen-bond donors (Lipinski definition) is 2. The highest BCUT2D eigenvalue weighted by molar-refractivity contribution is 5.99. The summed E-state index contributed by atoms with van der Waals surface area (Å²) in [6.07, 6.45) is -1.09. The number of esters is 1. The van der Waals surface area contributed by atoms with Gasteiger partial charge in [-0.15, -0.1) is 0 Å². The number of ether oxygens (including phenoxy) is 2. The lowest BCUT2D eigenvalue weighted by Crippen LogP contribution is -2.48. The number of rotatable bonds is 7. The summed E-state index contributed by atoms with van der Waals surface area (Å²) in [5.74, 6) is -0.857. The Hall–Kier alpha value is -2.86. The summed E-state index contributed by atoms with van der Waals surface area (Å²) in [4.78, 5) is 24.2. The number of aliphatic hydroxyl groups is 1. The predicted octanol–water partition coefficient (Wildman–Crippen LogP) is 1.92. The van der Waals surface area contributed by atoms with Crippen molar-refractivity contribution in [3.63, 3.8) is 0 Å². The van der Waals surface area contributed by atoms with Crippen LogP contribution in [-0.2, 0) is 16.1 Å². The molecule has 6 nitrogen and oxygen atoms in total. The number of hydrogen-bond acceptors (Lipinski definition) is 5. The van der Waals surface area contributed by atoms with E-state index in [0.29, 0.717) is 12.4 Å². The Balaban J connectivity index is 2.13. The fourth-order valence-corrected chi connectivity index (χ4v) is 2.24. The lowest BCUT2D eigenvalue weighted by atomic mass is 10.1. The third-order valence-corrected chi connectivity index (χ3v) is 3.59. The molecule has 0 saturated heterocycles. The molecular formula is C19H21NO5. The fourth-order valence-electron chi connectivity index (χ4n) is 2.24. The Bertz CT molecular complexity index is 715. The van der Waals surface area contributed by atoms with Crippen molar-refractivity contribution in [3.05, 3.63) is 65.7 Å². The van der Waals surface area contributed by atoms with Crippen molar-refractivity contribution in [3.8, 4) is 5.75 Å². The molecule has 2 rings (SSSR count). The number of aliphatic hydroxyl groups excluding tert-OH is 1. The van der Waals surface area contributed by atoms with Crippen LogP contribution in [0.5, 0.6) is 5.75 Å². The first-order valence-corrected chi connectivity index (χ1v) is 7.85. The molecule has 0 fully saturated rings. The molecule has 2 aromatic rings. The van der Waals surface area contributed by atoms with Crippen LogP contribution in [0, 0.1) is 0 Å². The molecule has 1 amide bonds. The Morgan fingerprint density at radius 3 is 2.36 bits per heavy atom. The summed E-state index contributed by atoms with van der Waals surface area (Å²) in [6, 6.07) is 15.1. The van der Waals surface area contributed by atoms with Crippen LogP contribution in [-0.4, -0.2) is 36.2 Å². The number of amides is 1. The predicted molar refractivity (Wildman–Crippen MR) is 92.2 cm³/mol. The van der Waals surface area contributed by atoms with E-state index in [2.05, 4.69) is 10.1 Å². The molecular weight excluding hydrogens is 322 g/mol. The zero-order valence-corrected chi connectivity index (χ0v) is 14.1. The van der Waals surface area contributed by atoms with Crippen molar-refractivity contribution in [2.75, 3.05) is 7.11 Å². The van der Waals surface area contributed by atoms with E-state index < -0.39 is 24.0 Å². The van der Waals surface area contributed by atoms with Crippen LogP contribution < -0.4 is 10.1 Å². The van der Waals surface area contributed by atoms with Crippen LogP contribution in [0.2, 0.25) is 0 Å². The smallest absolute Gasteiger partial charge is 0.331 e. The summed E-state index contributed by atoms with van der Waals surface area (Å²) in [7, 11) is 1.20. The van der Waals surface area contributed by atoms with Gasteiger partial charge in [-0.1, -0.05) is 42.5 Å². The van der Waals surface area contributed by atoms with Gasteiger partial charge in [-0.25, -0.2) is 4.79 Å². The Kier molecular flexibility index (Phi) is 6.54. The molecule has 0 unspecified atom stereocenters. The molecule has 0 aliphatic heterocycles. The SMILES string of the molecule is COC(=O)[C@H](NC(=O)c1ccccc1OCc1ccccc1)[C@H](C)O. The lowest BCUT2D eigenvalue weighted by Gasteiger charge is -2.19. The van der Waals surface area contributed by atoms with E-state index in [1.165, 1.54) is 14.0 Å². The molecule has 0 saturated carbocycles. The zero-order valence-electron chi connectivity index (χ0n) is 14.1. The number of para-hydroxylation sites is 1. The summed E-state index contributed by atoms with van der Waals surface area (Å²) in [6.45, 7) is 1.71. The van der Waals surface area contributed by atoms with Gasteiger partial charge in [0.15, 0.2) is 6.04 Å². The minimum absolute atomic E-state index is 0.271. The van der Waals surface area contributed by atoms with Crippen LogP contribution in [0.1, 0.15) is 22.8 Å². The fraction of sp³-hybridized carbons (Fsp3) is 0.263. The van der Waals surface area contributed by atoms with E-state index in [1.54, 1.807) is 24.3 Å². The second kappa shape index (κ2) is 8.84. The second-order valence-electron chi connectivity index (χ2n) is 5.49. The van der Waals surface area contributed by atoms with E-state index >= 15 is 0 Å². The number of benzene rings is 2. The second-order valence-corrected chi connectivity index (χ2v) is 5.49. The molecule has 0 aromatic heterocycles. The molecule has 2 N–H and O–H groups in total. The topological polar surface area (TPSA) is 84.9 Å². The van der Waals surface area contributed by atoms with Gasteiger partial charge in [-0.2, -0.15) is 0 Å². The molecule has 0 radical (unpaired) electrons. The highest BCUT2D eigenvalue weighted by atomic mass is 16.5. The van der Waals surface area contributed by atoms with Crippen LogP contribution >= 0.6 is 0 Å². The highest BCUT2D eigenvalue weighted by Crippen LogP contribution is 2.19. The number of methoxy groups -OCH3 is 1. The molecule has 2 atom stereocenters. The summed E-state index contributed by atoms with van der Waals surface area (Å²) < 4.78 is 10.3. The molecule has 0 bridgehead atoms. The van der Waals surface area contributed by atoms with E-state index in [1.807, 2.05) is 30.3 Å². The first-order valence-electron chi connectivity index (χ1n) is 7.85. The van der Waals surface area contributed by atoms with Crippen molar-refractivity contribution < 1.29 is 24.2 Å². The number of nitrogens with one attached hydrogen (secondary N) is 1. The monoisotopic (exact) mass is 343 g/mol. The summed E-state index contributed by atoms with van der Waals surface area (Å²) in [5, 5.41) is 12.2. The Morgan fingerprint density at radius 1 is 1.08 bits per heavy atom. The minimum atomic E-state index is -1.15. The normalized spacial score (nSPS) is 12.8. The number of carbonyl (C=O) groups excluding carboxylic acids is 2. The van der Waals surface area contributed by atoms with Gasteiger partial charge in [0.05, 0.1) is 18.8 Å². The molecule has 25 heavy (non-hydrogen) atoms. The quantitative estimate of drug-likeness (QED) is 0.750. The molecule has 0 aliphatic carbocycles. The van der Waals surface area contributed by atoms with Gasteiger partial charge in [-0.05, 0) is 24.6 Å². The molecule has 0 heterocycles. The van der Waals surface area contributed by atoms with Gasteiger partial charge in [0.2, 0.25) is 0 Å². The van der Waals surface area contributed by atoms with E-state index in [9.17, 15) is 14.7 Å². The van der Waals surface area contributed by atoms with E-state index in [-0.39, 0.29) is 5.56 Å². The minimum Gasteiger partial charge on any atom is -0.488 e. The molecule has 2 aromatic carbocycles. The van der Waals surface area contributed by atoms with Gasteiger partial charge < -0.3 is 19.9 Å². The maximum atomic E-state index is 12.5. The Morgan fingerprint density at radius 2 is 1.72 bits per heavy atom. The standard InChI is InChI=1S/C19H21NO5/c1-13(21)17(19(23)24-2)20-18(22)15-10-6-7-11-16(15)25-12-14-8-4-3-5-9-14/h3-11,13,17,21H,12H2,1-2H3,(H,20,22)/t13-,17+/m0/s1. The summed E-state index contributed by atoms with van der Waals surface area (Å²) in [5.41, 5.74) is 1.24. The highest BCUT2D eigenvalue weighted by Gasteiger charge is 2.27. The van der Waals surface area contributed by atoms with Crippen molar-refractivity contribution in [2.45, 2.75) is 25.7 Å². The van der Waals surface area contributed by atoms with Crippen molar-refractivity contribution in [1.29, 1.82) is 0 Å². The largest absolute Gasteiger partial charge is 0.488 e. The van der Waals surface area contributed by atoms with Crippen molar-refractivity contribution >= 4 is 11.9 Å². The first kappa shape index (κ1) is 18.5. The van der Waals surface area contributed by atoms with Gasteiger partial charge >= 0.3 is 5.97 Å². The van der Waals surface area contributed by atoms with Crippen molar-refractivity contribution in [1.82, 2.24) is 5.32 Å². The van der Waals surface area contributed by atoms with E-state index in [4.69, 9.17) is 4.74 Å². The van der Waals surface area contributed by atoms with Gasteiger partial charge in [0.1, 0.15) is 12.4 Å².